The maximum absolute atomic E-state index is 10.5. The van der Waals surface area contributed by atoms with E-state index in [9.17, 15) is 5.11 Å². The van der Waals surface area contributed by atoms with Crippen molar-refractivity contribution >= 4 is 5.71 Å². The first-order valence-corrected chi connectivity index (χ1v) is 10.6. The Labute approximate surface area is 172 Å². The number of para-hydroxylation sites is 1. The molecule has 4 rings (SSSR count). The number of nitrogens with zero attached hydrogens (tertiary/aromatic N) is 1. The summed E-state index contributed by atoms with van der Waals surface area (Å²) in [5.41, 5.74) is 3.13. The second-order valence-electron chi connectivity index (χ2n) is 8.10. The molecule has 5 nitrogen and oxygen atoms in total. The standard InChI is InChI=1S/C24H30N2O3/c1-28-22-13-12-17(14-23(22)29-2)19-15-20(18-10-6-7-11-21(18)27)26-24(25-19)16-8-4-3-5-9-16/h6-7,10-14,16,20,24,26-27H,3-5,8-9,15H2,1-2H3/p+1/t20-,24-/m1/s1. The van der Waals surface area contributed by atoms with E-state index in [1.807, 2.05) is 30.3 Å². The first-order chi connectivity index (χ1) is 14.2. The highest BCUT2D eigenvalue weighted by molar-refractivity contribution is 6.01. The first kappa shape index (κ1) is 19.8. The molecule has 1 aliphatic heterocycles. The molecule has 0 radical (unpaired) electrons. The Balaban J connectivity index is 1.70. The maximum Gasteiger partial charge on any atom is 0.183 e. The van der Waals surface area contributed by atoms with Crippen molar-refractivity contribution in [1.82, 2.24) is 0 Å². The Bertz CT molecular complexity index is 874. The Kier molecular flexibility index (Phi) is 6.05. The van der Waals surface area contributed by atoms with Crippen molar-refractivity contribution in [3.8, 4) is 17.2 Å². The molecule has 0 saturated heterocycles. The van der Waals surface area contributed by atoms with E-state index in [0.29, 0.717) is 11.7 Å². The van der Waals surface area contributed by atoms with Crippen molar-refractivity contribution in [3.05, 3.63) is 53.6 Å². The van der Waals surface area contributed by atoms with Gasteiger partial charge in [0.2, 0.25) is 0 Å². The van der Waals surface area contributed by atoms with E-state index in [1.54, 1.807) is 20.3 Å². The van der Waals surface area contributed by atoms with Gasteiger partial charge in [-0.2, -0.15) is 0 Å². The van der Waals surface area contributed by atoms with E-state index in [2.05, 4.69) is 11.4 Å². The Morgan fingerprint density at radius 2 is 1.72 bits per heavy atom. The summed E-state index contributed by atoms with van der Waals surface area (Å²) in [5.74, 6) is 2.40. The van der Waals surface area contributed by atoms with Crippen LogP contribution in [0.4, 0.5) is 0 Å². The Hall–Kier alpha value is -2.53. The lowest BCUT2D eigenvalue weighted by molar-refractivity contribution is -0.735. The third-order valence-electron chi connectivity index (χ3n) is 6.33. The van der Waals surface area contributed by atoms with Gasteiger partial charge >= 0.3 is 0 Å². The number of aromatic hydroxyl groups is 1. The zero-order valence-corrected chi connectivity index (χ0v) is 17.3. The molecule has 1 aliphatic carbocycles. The number of rotatable bonds is 5. The molecule has 0 unspecified atom stereocenters. The van der Waals surface area contributed by atoms with Crippen LogP contribution in [0, 0.1) is 5.92 Å². The van der Waals surface area contributed by atoms with Crippen molar-refractivity contribution < 1.29 is 19.9 Å². The molecule has 2 atom stereocenters. The van der Waals surface area contributed by atoms with Gasteiger partial charge in [0.05, 0.1) is 25.5 Å². The molecule has 2 aromatic rings. The molecule has 0 amide bonds. The Morgan fingerprint density at radius 1 is 0.966 bits per heavy atom. The van der Waals surface area contributed by atoms with E-state index in [1.165, 1.54) is 32.1 Å². The number of methoxy groups -OCH3 is 2. The van der Waals surface area contributed by atoms with E-state index in [4.69, 9.17) is 14.5 Å². The normalized spacial score (nSPS) is 22.8. The minimum atomic E-state index is 0.156. The summed E-state index contributed by atoms with van der Waals surface area (Å²) in [5, 5.41) is 12.8. The fourth-order valence-electron chi connectivity index (χ4n) is 4.75. The number of ether oxygens (including phenoxy) is 2. The monoisotopic (exact) mass is 395 g/mol. The van der Waals surface area contributed by atoms with Crippen LogP contribution >= 0.6 is 0 Å². The van der Waals surface area contributed by atoms with Gasteiger partial charge in [0, 0.05) is 12.3 Å². The summed E-state index contributed by atoms with van der Waals surface area (Å²) >= 11 is 0. The van der Waals surface area contributed by atoms with Gasteiger partial charge in [-0.25, -0.2) is 4.99 Å². The quantitative estimate of drug-likeness (QED) is 0.809. The molecule has 2 aliphatic rings. The zero-order valence-electron chi connectivity index (χ0n) is 17.3. The van der Waals surface area contributed by atoms with Gasteiger partial charge in [-0.15, -0.1) is 0 Å². The molecule has 0 bridgehead atoms. The maximum atomic E-state index is 10.5. The molecular weight excluding hydrogens is 364 g/mol. The van der Waals surface area contributed by atoms with Crippen LogP contribution in [0.5, 0.6) is 17.2 Å². The minimum absolute atomic E-state index is 0.156. The van der Waals surface area contributed by atoms with Crippen LogP contribution in [0.25, 0.3) is 0 Å². The van der Waals surface area contributed by atoms with E-state index < -0.39 is 0 Å². The number of phenols is 1. The highest BCUT2D eigenvalue weighted by atomic mass is 16.5. The van der Waals surface area contributed by atoms with E-state index >= 15 is 0 Å². The third kappa shape index (κ3) is 4.25. The molecule has 1 saturated carbocycles. The number of nitrogens with two attached hydrogens (primary N) is 1. The zero-order chi connectivity index (χ0) is 20.2. The van der Waals surface area contributed by atoms with Gasteiger partial charge in [0.15, 0.2) is 17.7 Å². The molecule has 5 heteroatoms. The lowest BCUT2D eigenvalue weighted by atomic mass is 9.84. The Morgan fingerprint density at radius 3 is 2.45 bits per heavy atom. The van der Waals surface area contributed by atoms with Gasteiger partial charge in [0.1, 0.15) is 11.8 Å². The highest BCUT2D eigenvalue weighted by Crippen LogP contribution is 2.33. The molecule has 3 N–H and O–H groups in total. The fraction of sp³-hybridized carbons (Fsp3) is 0.458. The topological polar surface area (TPSA) is 67.7 Å². The van der Waals surface area contributed by atoms with Crippen LogP contribution < -0.4 is 14.8 Å². The van der Waals surface area contributed by atoms with E-state index in [-0.39, 0.29) is 12.2 Å². The SMILES string of the molecule is COc1ccc(C2=N[C@@H](C3CCCCC3)[NH2+][C@@H](c3ccccc3O)C2)cc1OC. The second-order valence-corrected chi connectivity index (χ2v) is 8.10. The molecule has 2 aromatic carbocycles. The minimum Gasteiger partial charge on any atom is -0.507 e. The van der Waals surface area contributed by atoms with E-state index in [0.717, 1.165) is 34.8 Å². The molecule has 1 fully saturated rings. The van der Waals surface area contributed by atoms with Crippen LogP contribution in [-0.2, 0) is 0 Å². The number of phenolic OH excluding ortho intramolecular Hbond substituents is 1. The third-order valence-corrected chi connectivity index (χ3v) is 6.33. The molecular formula is C24H31N2O3+. The molecule has 29 heavy (non-hydrogen) atoms. The van der Waals surface area contributed by atoms with Crippen molar-refractivity contribution in [2.24, 2.45) is 10.9 Å². The average Bonchev–Trinajstić information content (AvgIpc) is 2.79. The van der Waals surface area contributed by atoms with Crippen LogP contribution in [0.3, 0.4) is 0 Å². The van der Waals surface area contributed by atoms with Gasteiger partial charge in [0.25, 0.3) is 0 Å². The van der Waals surface area contributed by atoms with Crippen molar-refractivity contribution in [2.75, 3.05) is 14.2 Å². The number of benzene rings is 2. The van der Waals surface area contributed by atoms with Crippen LogP contribution in [0.1, 0.15) is 55.7 Å². The van der Waals surface area contributed by atoms with Gasteiger partial charge in [-0.3, -0.25) is 0 Å². The second kappa shape index (κ2) is 8.87. The summed E-state index contributed by atoms with van der Waals surface area (Å²) < 4.78 is 10.9. The summed E-state index contributed by atoms with van der Waals surface area (Å²) in [6, 6.07) is 13.9. The van der Waals surface area contributed by atoms with Crippen molar-refractivity contribution in [2.45, 2.75) is 50.7 Å². The van der Waals surface area contributed by atoms with Gasteiger partial charge in [-0.1, -0.05) is 31.4 Å². The fourth-order valence-corrected chi connectivity index (χ4v) is 4.75. The lowest BCUT2D eigenvalue weighted by Gasteiger charge is -2.33. The summed E-state index contributed by atoms with van der Waals surface area (Å²) in [6.07, 6.45) is 7.34. The van der Waals surface area contributed by atoms with Gasteiger partial charge in [-0.05, 0) is 48.7 Å². The van der Waals surface area contributed by atoms with Crippen molar-refractivity contribution in [1.29, 1.82) is 0 Å². The highest BCUT2D eigenvalue weighted by Gasteiger charge is 2.35. The smallest absolute Gasteiger partial charge is 0.183 e. The molecule has 0 aromatic heterocycles. The first-order valence-electron chi connectivity index (χ1n) is 10.6. The summed E-state index contributed by atoms with van der Waals surface area (Å²) in [4.78, 5) is 5.20. The number of quaternary nitrogens is 1. The largest absolute Gasteiger partial charge is 0.507 e. The average molecular weight is 396 g/mol. The van der Waals surface area contributed by atoms with Crippen molar-refractivity contribution in [3.63, 3.8) is 0 Å². The van der Waals surface area contributed by atoms with Crippen LogP contribution in [0.15, 0.2) is 47.5 Å². The summed E-state index contributed by atoms with van der Waals surface area (Å²) in [6.45, 7) is 0. The van der Waals surface area contributed by atoms with Gasteiger partial charge < -0.3 is 19.9 Å². The molecule has 154 valence electrons. The molecule has 1 heterocycles. The van der Waals surface area contributed by atoms with Crippen LogP contribution in [0.2, 0.25) is 0 Å². The lowest BCUT2D eigenvalue weighted by Crippen LogP contribution is -2.93. The predicted molar refractivity (Wildman–Crippen MR) is 114 cm³/mol. The number of hydrogen-bond acceptors (Lipinski definition) is 4. The summed E-state index contributed by atoms with van der Waals surface area (Å²) in [7, 11) is 3.31. The number of hydrogen-bond donors (Lipinski definition) is 2. The molecule has 0 spiro atoms. The predicted octanol–water partition coefficient (Wildman–Crippen LogP) is 3.81. The van der Waals surface area contributed by atoms with Crippen LogP contribution in [-0.4, -0.2) is 31.2 Å². The number of aliphatic imine (C=N–C) groups is 1.